The Morgan fingerprint density at radius 3 is 1.76 bits per heavy atom. The summed E-state index contributed by atoms with van der Waals surface area (Å²) in [5.74, 6) is 2.13. The van der Waals surface area contributed by atoms with Gasteiger partial charge < -0.3 is 4.90 Å². The molecule has 7 aromatic carbocycles. The van der Waals surface area contributed by atoms with E-state index in [2.05, 4.69) is 204 Å². The van der Waals surface area contributed by atoms with Gasteiger partial charge in [-0.2, -0.15) is 5.10 Å². The Bertz CT molecular complexity index is 3370. The van der Waals surface area contributed by atoms with E-state index in [1.165, 1.54) is 11.3 Å². The molecule has 10 aromatic rings. The Kier molecular flexibility index (Phi) is 8.52. The number of aromatic nitrogens is 5. The molecule has 2 atom stereocenters. The van der Waals surface area contributed by atoms with Crippen LogP contribution in [0.1, 0.15) is 11.5 Å². The number of benzene rings is 7. The molecule has 0 saturated carbocycles. The van der Waals surface area contributed by atoms with Crippen molar-refractivity contribution >= 4 is 27.7 Å². The van der Waals surface area contributed by atoms with E-state index in [0.717, 1.165) is 72.2 Å². The average Bonchev–Trinajstić information content (AvgIpc) is 3.95. The lowest BCUT2D eigenvalue weighted by molar-refractivity contribution is 0.745. The summed E-state index contributed by atoms with van der Waals surface area (Å²) in [4.78, 5) is 18.1. The number of fused-ring (bicyclic) bond motifs is 6. The highest BCUT2D eigenvalue weighted by molar-refractivity contribution is 6.13. The van der Waals surface area contributed by atoms with Crippen molar-refractivity contribution in [1.82, 2.24) is 24.6 Å². The molecular weight excluding hydrogens is 757 g/mol. The second kappa shape index (κ2) is 14.8. The SMILES string of the molecule is C1=CC2c3ccccc3N(c3cccc(-c4nc(-c5ccccc5)nc(-c5cccc(-c6c(-c7ccccc7)n7ncc(-c8ccccc8)c7c7ccccc67)c5)n4)c3)C2C=C1. The zero-order valence-electron chi connectivity index (χ0n) is 33.6. The molecule has 6 nitrogen and oxygen atoms in total. The number of anilines is 2. The van der Waals surface area contributed by atoms with Crippen molar-refractivity contribution in [3.63, 3.8) is 0 Å². The first kappa shape index (κ1) is 35.7. The van der Waals surface area contributed by atoms with Crippen LogP contribution >= 0.6 is 0 Å². The normalized spacial score (nSPS) is 15.3. The summed E-state index contributed by atoms with van der Waals surface area (Å²) < 4.78 is 2.13. The van der Waals surface area contributed by atoms with Crippen molar-refractivity contribution in [2.75, 3.05) is 4.90 Å². The van der Waals surface area contributed by atoms with Crippen LogP contribution in [0.4, 0.5) is 11.4 Å². The molecule has 12 rings (SSSR count). The van der Waals surface area contributed by atoms with Crippen molar-refractivity contribution in [2.24, 2.45) is 0 Å². The van der Waals surface area contributed by atoms with E-state index in [1.54, 1.807) is 0 Å². The Labute approximate surface area is 359 Å². The van der Waals surface area contributed by atoms with Crippen LogP contribution < -0.4 is 4.90 Å². The second-order valence-corrected chi connectivity index (χ2v) is 15.8. The molecule has 0 spiro atoms. The highest BCUT2D eigenvalue weighted by Gasteiger charge is 2.37. The van der Waals surface area contributed by atoms with Gasteiger partial charge in [0.25, 0.3) is 0 Å². The lowest BCUT2D eigenvalue weighted by Gasteiger charge is -2.29. The second-order valence-electron chi connectivity index (χ2n) is 15.8. The number of hydrogen-bond donors (Lipinski definition) is 0. The summed E-state index contributed by atoms with van der Waals surface area (Å²) in [6, 6.07) is 66.1. The largest absolute Gasteiger partial charge is 0.333 e. The minimum atomic E-state index is 0.187. The van der Waals surface area contributed by atoms with Crippen molar-refractivity contribution in [3.8, 4) is 67.7 Å². The first-order chi connectivity index (χ1) is 30.8. The minimum absolute atomic E-state index is 0.187. The molecule has 2 aliphatic rings. The predicted molar refractivity (Wildman–Crippen MR) is 252 cm³/mol. The van der Waals surface area contributed by atoms with Crippen molar-refractivity contribution in [3.05, 3.63) is 224 Å². The maximum atomic E-state index is 5.27. The van der Waals surface area contributed by atoms with Gasteiger partial charge in [0.15, 0.2) is 17.5 Å². The third kappa shape index (κ3) is 5.95. The van der Waals surface area contributed by atoms with Crippen LogP contribution in [0.2, 0.25) is 0 Å². The van der Waals surface area contributed by atoms with Gasteiger partial charge in [0.05, 0.1) is 23.4 Å². The minimum Gasteiger partial charge on any atom is -0.333 e. The molecule has 2 unspecified atom stereocenters. The molecule has 1 aliphatic heterocycles. The van der Waals surface area contributed by atoms with Crippen LogP contribution in [0, 0.1) is 0 Å². The van der Waals surface area contributed by atoms with Crippen molar-refractivity contribution in [1.29, 1.82) is 0 Å². The summed E-state index contributed by atoms with van der Waals surface area (Å²) in [6.07, 6.45) is 10.9. The van der Waals surface area contributed by atoms with Crippen molar-refractivity contribution in [2.45, 2.75) is 12.0 Å². The molecular formula is C56H38N6. The number of para-hydroxylation sites is 1. The van der Waals surface area contributed by atoms with Crippen LogP contribution in [-0.4, -0.2) is 30.6 Å². The lowest BCUT2D eigenvalue weighted by Crippen LogP contribution is -2.28. The quantitative estimate of drug-likeness (QED) is 0.161. The first-order valence-electron chi connectivity index (χ1n) is 21.1. The van der Waals surface area contributed by atoms with Gasteiger partial charge in [-0.3, -0.25) is 0 Å². The third-order valence-electron chi connectivity index (χ3n) is 12.2. The maximum Gasteiger partial charge on any atom is 0.164 e. The van der Waals surface area contributed by atoms with Gasteiger partial charge >= 0.3 is 0 Å². The fourth-order valence-electron chi connectivity index (χ4n) is 9.45. The van der Waals surface area contributed by atoms with E-state index in [9.17, 15) is 0 Å². The Morgan fingerprint density at radius 1 is 0.435 bits per heavy atom. The predicted octanol–water partition coefficient (Wildman–Crippen LogP) is 13.4. The zero-order chi connectivity index (χ0) is 41.0. The van der Waals surface area contributed by atoms with Crippen LogP contribution in [0.15, 0.2) is 219 Å². The average molecular weight is 795 g/mol. The molecule has 0 bridgehead atoms. The van der Waals surface area contributed by atoms with E-state index in [1.807, 2.05) is 24.4 Å². The van der Waals surface area contributed by atoms with E-state index in [4.69, 9.17) is 20.1 Å². The molecule has 6 heteroatoms. The molecule has 62 heavy (non-hydrogen) atoms. The fourth-order valence-corrected chi connectivity index (χ4v) is 9.45. The molecule has 0 amide bonds. The maximum absolute atomic E-state index is 5.27. The fraction of sp³-hybridized carbons (Fsp3) is 0.0357. The Hall–Kier alpha value is -8.22. The number of hydrogen-bond acceptors (Lipinski definition) is 5. The summed E-state index contributed by atoms with van der Waals surface area (Å²) in [6.45, 7) is 0. The van der Waals surface area contributed by atoms with Gasteiger partial charge in [-0.1, -0.05) is 188 Å². The molecule has 4 heterocycles. The van der Waals surface area contributed by atoms with E-state index >= 15 is 0 Å². The molecule has 0 saturated heterocycles. The van der Waals surface area contributed by atoms with Crippen LogP contribution in [0.25, 0.3) is 84.0 Å². The highest BCUT2D eigenvalue weighted by Crippen LogP contribution is 2.48. The van der Waals surface area contributed by atoms with Gasteiger partial charge in [-0.15, -0.1) is 0 Å². The van der Waals surface area contributed by atoms with E-state index < -0.39 is 0 Å². The summed E-state index contributed by atoms with van der Waals surface area (Å²) in [5, 5.41) is 7.39. The molecule has 1 aliphatic carbocycles. The highest BCUT2D eigenvalue weighted by atomic mass is 15.2. The molecule has 0 fully saturated rings. The van der Waals surface area contributed by atoms with Gasteiger partial charge in [-0.05, 0) is 46.3 Å². The van der Waals surface area contributed by atoms with Gasteiger partial charge in [-0.25, -0.2) is 19.5 Å². The molecule has 3 aromatic heterocycles. The van der Waals surface area contributed by atoms with Gasteiger partial charge in [0, 0.05) is 56.1 Å². The van der Waals surface area contributed by atoms with Crippen LogP contribution in [0.5, 0.6) is 0 Å². The van der Waals surface area contributed by atoms with Gasteiger partial charge in [0.1, 0.15) is 0 Å². The topological polar surface area (TPSA) is 59.2 Å². The zero-order valence-corrected chi connectivity index (χ0v) is 33.6. The van der Waals surface area contributed by atoms with Crippen LogP contribution in [-0.2, 0) is 0 Å². The Morgan fingerprint density at radius 2 is 1.00 bits per heavy atom. The van der Waals surface area contributed by atoms with E-state index in [0.29, 0.717) is 23.4 Å². The standard InChI is InChI=1S/C56H38N6/c1-4-18-37(19-5-1)48-36-57-62-52(38-20-6-2-7-21-38)51(46-30-10-11-31-47(46)53(48)62)40-24-16-25-41(34-40)55-58-54(39-22-8-3-9-23-39)59-56(60-55)42-26-17-27-43(35-42)61-49-32-14-12-28-44(49)45-29-13-15-33-50(45)61/h1-36,44,49H. The number of allylic oxidation sites excluding steroid dienone is 2. The number of pyridine rings is 1. The Balaban J connectivity index is 1.04. The lowest BCUT2D eigenvalue weighted by atomic mass is 9.91. The molecule has 0 N–H and O–H groups in total. The van der Waals surface area contributed by atoms with E-state index in [-0.39, 0.29) is 6.04 Å². The third-order valence-corrected chi connectivity index (χ3v) is 12.2. The summed E-state index contributed by atoms with van der Waals surface area (Å²) in [7, 11) is 0. The molecule has 292 valence electrons. The summed E-state index contributed by atoms with van der Waals surface area (Å²) >= 11 is 0. The van der Waals surface area contributed by atoms with Crippen molar-refractivity contribution < 1.29 is 0 Å². The van der Waals surface area contributed by atoms with Crippen LogP contribution in [0.3, 0.4) is 0 Å². The number of nitrogens with zero attached hydrogens (tertiary/aromatic N) is 6. The summed E-state index contributed by atoms with van der Waals surface area (Å²) in [5.41, 5.74) is 13.9. The number of rotatable bonds is 7. The monoisotopic (exact) mass is 794 g/mol. The smallest absolute Gasteiger partial charge is 0.164 e. The first-order valence-corrected chi connectivity index (χ1v) is 21.1. The van der Waals surface area contributed by atoms with Gasteiger partial charge in [0.2, 0.25) is 0 Å². The molecule has 0 radical (unpaired) electrons.